The Bertz CT molecular complexity index is 1070. The topological polar surface area (TPSA) is 87.8 Å². The zero-order valence-corrected chi connectivity index (χ0v) is 21.3. The molecule has 3 rings (SSSR count). The van der Waals surface area contributed by atoms with Gasteiger partial charge in [0.15, 0.2) is 0 Å². The molecule has 3 heterocycles. The number of carbonyl (C=O) groups is 1. The van der Waals surface area contributed by atoms with Crippen LogP contribution in [0.1, 0.15) is 43.9 Å². The molecule has 0 N–H and O–H groups in total. The number of amides is 1. The van der Waals surface area contributed by atoms with Crippen molar-refractivity contribution >= 4 is 46.1 Å². The molecular weight excluding hydrogens is 460 g/mol. The van der Waals surface area contributed by atoms with E-state index in [-0.39, 0.29) is 29.2 Å². The van der Waals surface area contributed by atoms with Gasteiger partial charge in [-0.1, -0.05) is 24.0 Å². The van der Waals surface area contributed by atoms with E-state index in [4.69, 9.17) is 21.7 Å². The Morgan fingerprint density at radius 3 is 2.58 bits per heavy atom. The maximum absolute atomic E-state index is 13.1. The first-order valence-corrected chi connectivity index (χ1v) is 12.3. The number of pyridine rings is 1. The first-order valence-electron chi connectivity index (χ1n) is 11.1. The largest absolute Gasteiger partial charge is 0.382 e. The Labute approximate surface area is 204 Å². The van der Waals surface area contributed by atoms with Gasteiger partial charge in [0.2, 0.25) is 0 Å². The van der Waals surface area contributed by atoms with Crippen LogP contribution >= 0.6 is 24.0 Å². The van der Waals surface area contributed by atoms with Crippen LogP contribution in [0.2, 0.25) is 0 Å². The molecule has 0 spiro atoms. The van der Waals surface area contributed by atoms with Crippen molar-refractivity contribution in [3.63, 3.8) is 0 Å². The summed E-state index contributed by atoms with van der Waals surface area (Å²) in [7, 11) is 1.67. The third kappa shape index (κ3) is 5.32. The molecule has 33 heavy (non-hydrogen) atoms. The second-order valence-corrected chi connectivity index (χ2v) is 9.94. The molecule has 0 saturated carbocycles. The third-order valence-electron chi connectivity index (χ3n) is 5.71. The van der Waals surface area contributed by atoms with Crippen molar-refractivity contribution < 1.29 is 14.3 Å². The molecule has 0 radical (unpaired) electrons. The first-order chi connectivity index (χ1) is 15.7. The summed E-state index contributed by atoms with van der Waals surface area (Å²) in [6.45, 7) is 10.6. The smallest absolute Gasteiger partial charge is 0.270 e. The average molecular weight is 491 g/mol. The van der Waals surface area contributed by atoms with Crippen molar-refractivity contribution in [1.29, 1.82) is 5.26 Å². The quantitative estimate of drug-likeness (QED) is 0.328. The predicted molar refractivity (Wildman–Crippen MR) is 134 cm³/mol. The van der Waals surface area contributed by atoms with E-state index in [9.17, 15) is 14.9 Å². The highest BCUT2D eigenvalue weighted by atomic mass is 32.2. The van der Waals surface area contributed by atoms with Gasteiger partial charge < -0.3 is 14.4 Å². The summed E-state index contributed by atoms with van der Waals surface area (Å²) in [4.78, 5) is 30.2. The molecule has 1 amide bonds. The number of rotatable bonds is 7. The zero-order chi connectivity index (χ0) is 24.3. The Kier molecular flexibility index (Phi) is 8.34. The highest BCUT2D eigenvalue weighted by Gasteiger charge is 2.33. The van der Waals surface area contributed by atoms with Gasteiger partial charge in [0.1, 0.15) is 21.8 Å². The molecule has 2 fully saturated rings. The molecule has 2 aliphatic rings. The van der Waals surface area contributed by atoms with Crippen LogP contribution in [0.15, 0.2) is 9.70 Å². The molecule has 8 nitrogen and oxygen atoms in total. The zero-order valence-electron chi connectivity index (χ0n) is 19.7. The van der Waals surface area contributed by atoms with E-state index < -0.39 is 0 Å². The van der Waals surface area contributed by atoms with E-state index in [0.29, 0.717) is 65.4 Å². The average Bonchev–Trinajstić information content (AvgIpc) is 3.02. The standard InChI is InChI=1S/C23H30N4O4S2/c1-6-30-9-7-8-27-22(29)19(33-23(27)32)10-17-16(4)18(11-24)21(28)25(5)20(17)26-12-14(2)31-15(3)13-26/h10,14-15H,6-9,12-13H2,1-5H3. The van der Waals surface area contributed by atoms with Crippen LogP contribution in [-0.4, -0.2) is 64.8 Å². The van der Waals surface area contributed by atoms with E-state index in [1.54, 1.807) is 24.9 Å². The van der Waals surface area contributed by atoms with Crippen molar-refractivity contribution in [2.45, 2.75) is 46.3 Å². The lowest BCUT2D eigenvalue weighted by molar-refractivity contribution is -0.122. The predicted octanol–water partition coefficient (Wildman–Crippen LogP) is 2.81. The van der Waals surface area contributed by atoms with Crippen molar-refractivity contribution in [3.05, 3.63) is 31.9 Å². The van der Waals surface area contributed by atoms with Crippen LogP contribution in [-0.2, 0) is 21.3 Å². The fourth-order valence-corrected chi connectivity index (χ4v) is 5.53. The second-order valence-electron chi connectivity index (χ2n) is 8.26. The van der Waals surface area contributed by atoms with Gasteiger partial charge >= 0.3 is 0 Å². The van der Waals surface area contributed by atoms with Gasteiger partial charge in [0.05, 0.1) is 17.1 Å². The van der Waals surface area contributed by atoms with E-state index in [1.807, 2.05) is 26.8 Å². The van der Waals surface area contributed by atoms with Crippen LogP contribution in [0.25, 0.3) is 6.08 Å². The van der Waals surface area contributed by atoms with Crippen molar-refractivity contribution in [3.8, 4) is 6.07 Å². The molecule has 0 aliphatic carbocycles. The van der Waals surface area contributed by atoms with Crippen LogP contribution in [0, 0.1) is 18.3 Å². The number of hydrogen-bond acceptors (Lipinski definition) is 8. The molecule has 0 bridgehead atoms. The molecule has 1 aromatic heterocycles. The molecule has 2 atom stereocenters. The molecule has 2 aliphatic heterocycles. The van der Waals surface area contributed by atoms with E-state index >= 15 is 0 Å². The summed E-state index contributed by atoms with van der Waals surface area (Å²) in [5.41, 5.74) is 0.972. The van der Waals surface area contributed by atoms with E-state index in [2.05, 4.69) is 4.90 Å². The Morgan fingerprint density at radius 2 is 1.97 bits per heavy atom. The number of carbonyl (C=O) groups excluding carboxylic acids is 1. The highest BCUT2D eigenvalue weighted by Crippen LogP contribution is 2.36. The molecule has 1 aromatic rings. The lowest BCUT2D eigenvalue weighted by Crippen LogP contribution is -2.47. The fourth-order valence-electron chi connectivity index (χ4n) is 4.24. The molecular formula is C23H30N4O4S2. The van der Waals surface area contributed by atoms with Gasteiger partial charge in [-0.15, -0.1) is 0 Å². The molecule has 2 unspecified atom stereocenters. The lowest BCUT2D eigenvalue weighted by atomic mass is 10.0. The van der Waals surface area contributed by atoms with Gasteiger partial charge in [0, 0.05) is 45.5 Å². The van der Waals surface area contributed by atoms with Crippen LogP contribution in [0.5, 0.6) is 0 Å². The number of hydrogen-bond donors (Lipinski definition) is 0. The Balaban J connectivity index is 2.05. The monoisotopic (exact) mass is 490 g/mol. The summed E-state index contributed by atoms with van der Waals surface area (Å²) in [6, 6.07) is 2.04. The maximum atomic E-state index is 13.1. The SMILES string of the molecule is CCOCCCN1C(=O)C(=Cc2c(C)c(C#N)c(=O)n(C)c2N2CC(C)OC(C)C2)SC1=S. The van der Waals surface area contributed by atoms with Crippen molar-refractivity contribution in [1.82, 2.24) is 9.47 Å². The summed E-state index contributed by atoms with van der Waals surface area (Å²) >= 11 is 6.70. The number of aromatic nitrogens is 1. The van der Waals surface area contributed by atoms with E-state index in [0.717, 1.165) is 0 Å². The maximum Gasteiger partial charge on any atom is 0.270 e. The van der Waals surface area contributed by atoms with Gasteiger partial charge in [0.25, 0.3) is 11.5 Å². The molecule has 10 heteroatoms. The summed E-state index contributed by atoms with van der Waals surface area (Å²) in [6.07, 6.45) is 2.43. The molecule has 178 valence electrons. The minimum atomic E-state index is -0.350. The van der Waals surface area contributed by atoms with Crippen LogP contribution < -0.4 is 10.5 Å². The van der Waals surface area contributed by atoms with Gasteiger partial charge in [-0.3, -0.25) is 19.1 Å². The van der Waals surface area contributed by atoms with E-state index in [1.165, 1.54) is 16.3 Å². The Morgan fingerprint density at radius 1 is 1.30 bits per heavy atom. The number of nitrogens with zero attached hydrogens (tertiary/aromatic N) is 4. The number of thioether (sulfide) groups is 1. The minimum absolute atomic E-state index is 0.0174. The number of thiocarbonyl (C=S) groups is 1. The van der Waals surface area contributed by atoms with Crippen LogP contribution in [0.4, 0.5) is 5.82 Å². The lowest BCUT2D eigenvalue weighted by Gasteiger charge is -2.38. The number of ether oxygens (including phenoxy) is 2. The second kappa shape index (κ2) is 10.8. The minimum Gasteiger partial charge on any atom is -0.382 e. The van der Waals surface area contributed by atoms with Crippen LogP contribution in [0.3, 0.4) is 0 Å². The number of anilines is 1. The van der Waals surface area contributed by atoms with Crippen molar-refractivity contribution in [2.24, 2.45) is 7.05 Å². The van der Waals surface area contributed by atoms with Gasteiger partial charge in [-0.25, -0.2) is 0 Å². The first kappa shape index (κ1) is 25.4. The van der Waals surface area contributed by atoms with Crippen molar-refractivity contribution in [2.75, 3.05) is 37.7 Å². The molecule has 0 aromatic carbocycles. The van der Waals surface area contributed by atoms with Gasteiger partial charge in [-0.2, -0.15) is 5.26 Å². The number of nitriles is 1. The summed E-state index contributed by atoms with van der Waals surface area (Å²) < 4.78 is 13.2. The fraction of sp³-hybridized carbons (Fsp3) is 0.565. The van der Waals surface area contributed by atoms with Gasteiger partial charge in [-0.05, 0) is 45.8 Å². The third-order valence-corrected chi connectivity index (χ3v) is 7.09. The highest BCUT2D eigenvalue weighted by molar-refractivity contribution is 8.26. The summed E-state index contributed by atoms with van der Waals surface area (Å²) in [5.74, 6) is 0.517. The number of morpholine rings is 1. The molecule has 2 saturated heterocycles. The Hall–Kier alpha value is -2.19. The summed E-state index contributed by atoms with van der Waals surface area (Å²) in [5, 5.41) is 9.64. The normalized spacial score (nSPS) is 22.4.